The first kappa shape index (κ1) is 16.5. The van der Waals surface area contributed by atoms with Crippen LogP contribution in [0.3, 0.4) is 0 Å². The van der Waals surface area contributed by atoms with Crippen LogP contribution in [-0.2, 0) is 6.54 Å². The van der Waals surface area contributed by atoms with E-state index in [-0.39, 0.29) is 0 Å². The van der Waals surface area contributed by atoms with Gasteiger partial charge in [0.05, 0.1) is 0 Å². The van der Waals surface area contributed by atoms with Gasteiger partial charge in [-0.2, -0.15) is 0 Å². The van der Waals surface area contributed by atoms with Gasteiger partial charge in [0.25, 0.3) is 0 Å². The molecule has 19 heavy (non-hydrogen) atoms. The topological polar surface area (TPSA) is 15.3 Å². The number of rotatable bonds is 8. The zero-order valence-electron chi connectivity index (χ0n) is 12.6. The van der Waals surface area contributed by atoms with Gasteiger partial charge in [0.15, 0.2) is 0 Å². The third kappa shape index (κ3) is 6.95. The molecular formula is C16H27ClN2. The molecule has 108 valence electrons. The van der Waals surface area contributed by atoms with Crippen LogP contribution in [0.4, 0.5) is 0 Å². The fourth-order valence-electron chi connectivity index (χ4n) is 2.20. The van der Waals surface area contributed by atoms with Crippen molar-refractivity contribution in [1.82, 2.24) is 10.2 Å². The molecule has 1 rings (SSSR count). The van der Waals surface area contributed by atoms with E-state index in [0.29, 0.717) is 11.8 Å². The number of halogens is 1. The van der Waals surface area contributed by atoms with E-state index in [4.69, 9.17) is 11.6 Å². The Bertz CT molecular complexity index is 366. The molecule has 1 atom stereocenters. The molecule has 3 heteroatoms. The largest absolute Gasteiger partial charge is 0.316 e. The number of hydrogen-bond donors (Lipinski definition) is 1. The van der Waals surface area contributed by atoms with Gasteiger partial charge < -0.3 is 10.2 Å². The van der Waals surface area contributed by atoms with Crippen molar-refractivity contribution >= 4 is 11.6 Å². The van der Waals surface area contributed by atoms with Crippen molar-refractivity contribution in [3.8, 4) is 0 Å². The van der Waals surface area contributed by atoms with Crippen molar-refractivity contribution in [1.29, 1.82) is 0 Å². The smallest absolute Gasteiger partial charge is 0.0451 e. The highest BCUT2D eigenvalue weighted by Crippen LogP contribution is 2.16. The first-order valence-corrected chi connectivity index (χ1v) is 7.49. The van der Waals surface area contributed by atoms with Crippen molar-refractivity contribution in [2.45, 2.75) is 27.3 Å². The van der Waals surface area contributed by atoms with Gasteiger partial charge in [-0.05, 0) is 43.6 Å². The molecule has 0 aromatic heterocycles. The summed E-state index contributed by atoms with van der Waals surface area (Å²) in [6.07, 6.45) is 0. The summed E-state index contributed by atoms with van der Waals surface area (Å²) in [5.74, 6) is 1.36. The minimum atomic E-state index is 0.645. The monoisotopic (exact) mass is 282 g/mol. The molecule has 0 saturated heterocycles. The normalized spacial score (nSPS) is 13.2. The van der Waals surface area contributed by atoms with Crippen molar-refractivity contribution in [3.63, 3.8) is 0 Å². The van der Waals surface area contributed by atoms with Gasteiger partial charge in [-0.15, -0.1) is 0 Å². The van der Waals surface area contributed by atoms with E-state index in [0.717, 1.165) is 31.2 Å². The van der Waals surface area contributed by atoms with E-state index in [1.807, 2.05) is 18.2 Å². The molecule has 0 saturated carbocycles. The van der Waals surface area contributed by atoms with Gasteiger partial charge in [-0.25, -0.2) is 0 Å². The van der Waals surface area contributed by atoms with E-state index >= 15 is 0 Å². The van der Waals surface area contributed by atoms with E-state index < -0.39 is 0 Å². The van der Waals surface area contributed by atoms with Crippen LogP contribution < -0.4 is 5.32 Å². The summed E-state index contributed by atoms with van der Waals surface area (Å²) < 4.78 is 0. The van der Waals surface area contributed by atoms with Crippen LogP contribution in [0.5, 0.6) is 0 Å². The summed E-state index contributed by atoms with van der Waals surface area (Å²) in [5.41, 5.74) is 1.20. The maximum absolute atomic E-state index is 6.18. The van der Waals surface area contributed by atoms with E-state index in [9.17, 15) is 0 Å². The third-order valence-corrected chi connectivity index (χ3v) is 3.44. The Morgan fingerprint density at radius 1 is 1.16 bits per heavy atom. The highest BCUT2D eigenvalue weighted by molar-refractivity contribution is 6.31. The molecule has 0 aliphatic rings. The molecule has 1 aromatic carbocycles. The molecule has 0 spiro atoms. The third-order valence-electron chi connectivity index (χ3n) is 3.07. The van der Waals surface area contributed by atoms with Gasteiger partial charge >= 0.3 is 0 Å². The molecule has 0 heterocycles. The zero-order chi connectivity index (χ0) is 14.3. The predicted molar refractivity (Wildman–Crippen MR) is 84.7 cm³/mol. The fraction of sp³-hybridized carbons (Fsp3) is 0.625. The minimum Gasteiger partial charge on any atom is -0.316 e. The Hall–Kier alpha value is -0.570. The lowest BCUT2D eigenvalue weighted by Gasteiger charge is -2.22. The van der Waals surface area contributed by atoms with Crippen molar-refractivity contribution in [2.24, 2.45) is 11.8 Å². The van der Waals surface area contributed by atoms with Crippen LogP contribution in [0.15, 0.2) is 24.3 Å². The molecule has 0 radical (unpaired) electrons. The minimum absolute atomic E-state index is 0.645. The standard InChI is InChI=1S/C16H27ClN2/c1-13(2)9-18-10-14(3)11-19(4)12-15-7-5-6-8-16(15)17/h5-8,13-14,18H,9-12H2,1-4H3. The van der Waals surface area contributed by atoms with Crippen LogP contribution in [0.2, 0.25) is 5.02 Å². The van der Waals surface area contributed by atoms with Gasteiger partial charge in [0.2, 0.25) is 0 Å². The predicted octanol–water partition coefficient (Wildman–Crippen LogP) is 3.65. The van der Waals surface area contributed by atoms with Crippen LogP contribution >= 0.6 is 11.6 Å². The lowest BCUT2D eigenvalue weighted by Crippen LogP contribution is -2.32. The SMILES string of the molecule is CC(C)CNCC(C)CN(C)Cc1ccccc1Cl. The molecule has 0 bridgehead atoms. The van der Waals surface area contributed by atoms with E-state index in [1.54, 1.807) is 0 Å². The summed E-state index contributed by atoms with van der Waals surface area (Å²) in [4.78, 5) is 2.34. The summed E-state index contributed by atoms with van der Waals surface area (Å²) in [6, 6.07) is 8.08. The van der Waals surface area contributed by atoms with E-state index in [1.165, 1.54) is 5.56 Å². The zero-order valence-corrected chi connectivity index (χ0v) is 13.4. The number of nitrogens with zero attached hydrogens (tertiary/aromatic N) is 1. The average Bonchev–Trinajstić information content (AvgIpc) is 2.31. The summed E-state index contributed by atoms with van der Waals surface area (Å²) in [7, 11) is 2.16. The molecule has 0 aliphatic carbocycles. The molecule has 0 amide bonds. The number of nitrogens with one attached hydrogen (secondary N) is 1. The Morgan fingerprint density at radius 3 is 2.47 bits per heavy atom. The summed E-state index contributed by atoms with van der Waals surface area (Å²) in [6.45, 7) is 10.9. The molecule has 2 nitrogen and oxygen atoms in total. The lowest BCUT2D eigenvalue weighted by molar-refractivity contribution is 0.272. The average molecular weight is 283 g/mol. The van der Waals surface area contributed by atoms with Crippen LogP contribution in [0, 0.1) is 11.8 Å². The fourth-order valence-corrected chi connectivity index (χ4v) is 2.39. The highest BCUT2D eigenvalue weighted by Gasteiger charge is 2.08. The lowest BCUT2D eigenvalue weighted by atomic mass is 10.1. The Kier molecular flexibility index (Phi) is 7.44. The number of hydrogen-bond acceptors (Lipinski definition) is 2. The van der Waals surface area contributed by atoms with Crippen LogP contribution in [0.25, 0.3) is 0 Å². The molecule has 0 fully saturated rings. The molecule has 0 aliphatic heterocycles. The van der Waals surface area contributed by atoms with Crippen molar-refractivity contribution in [3.05, 3.63) is 34.9 Å². The Morgan fingerprint density at radius 2 is 1.84 bits per heavy atom. The number of benzene rings is 1. The Balaban J connectivity index is 2.30. The molecular weight excluding hydrogens is 256 g/mol. The second-order valence-corrected chi connectivity index (χ2v) is 6.35. The quantitative estimate of drug-likeness (QED) is 0.783. The highest BCUT2D eigenvalue weighted by atomic mass is 35.5. The van der Waals surface area contributed by atoms with Gasteiger partial charge in [0, 0.05) is 18.1 Å². The molecule has 1 unspecified atom stereocenters. The second kappa shape index (κ2) is 8.57. The van der Waals surface area contributed by atoms with Gasteiger partial charge in [-0.3, -0.25) is 0 Å². The van der Waals surface area contributed by atoms with Gasteiger partial charge in [0.1, 0.15) is 0 Å². The maximum atomic E-state index is 6.18. The van der Waals surface area contributed by atoms with Gasteiger partial charge in [-0.1, -0.05) is 50.6 Å². The Labute approximate surface area is 123 Å². The summed E-state index contributed by atoms with van der Waals surface area (Å²) in [5, 5.41) is 4.37. The maximum Gasteiger partial charge on any atom is 0.0451 e. The second-order valence-electron chi connectivity index (χ2n) is 5.95. The van der Waals surface area contributed by atoms with Crippen molar-refractivity contribution in [2.75, 3.05) is 26.7 Å². The summed E-state index contributed by atoms with van der Waals surface area (Å²) >= 11 is 6.18. The van der Waals surface area contributed by atoms with E-state index in [2.05, 4.69) is 44.1 Å². The van der Waals surface area contributed by atoms with Crippen LogP contribution in [-0.4, -0.2) is 31.6 Å². The first-order chi connectivity index (χ1) is 8.99. The van der Waals surface area contributed by atoms with Crippen LogP contribution in [0.1, 0.15) is 26.3 Å². The van der Waals surface area contributed by atoms with Crippen molar-refractivity contribution < 1.29 is 0 Å². The first-order valence-electron chi connectivity index (χ1n) is 7.11. The molecule has 1 aromatic rings. The molecule has 1 N–H and O–H groups in total.